The Morgan fingerprint density at radius 2 is 1.67 bits per heavy atom. The number of hydrogen-bond donors (Lipinski definition) is 1. The van der Waals surface area contributed by atoms with E-state index in [4.69, 9.17) is 0 Å². The van der Waals surface area contributed by atoms with E-state index in [1.807, 2.05) is 0 Å². The zero-order chi connectivity index (χ0) is 10.8. The summed E-state index contributed by atoms with van der Waals surface area (Å²) in [6.07, 6.45) is 7.27. The third-order valence-electron chi connectivity index (χ3n) is 4.51. The minimum absolute atomic E-state index is 0.502. The van der Waals surface area contributed by atoms with E-state index in [0.29, 0.717) is 5.25 Å². The van der Waals surface area contributed by atoms with E-state index < -0.39 is 6.17 Å². The molecule has 0 aromatic heterocycles. The van der Waals surface area contributed by atoms with E-state index in [-0.39, 0.29) is 0 Å². The van der Waals surface area contributed by atoms with E-state index in [9.17, 15) is 4.39 Å². The van der Waals surface area contributed by atoms with E-state index >= 15 is 0 Å². The Kier molecular flexibility index (Phi) is 3.98. The highest BCUT2D eigenvalue weighted by Crippen LogP contribution is 2.42. The van der Waals surface area contributed by atoms with Crippen molar-refractivity contribution in [3.63, 3.8) is 0 Å². The van der Waals surface area contributed by atoms with Crippen molar-refractivity contribution in [1.82, 2.24) is 0 Å². The van der Waals surface area contributed by atoms with E-state index in [1.165, 1.54) is 19.3 Å². The molecule has 3 atom stereocenters. The van der Waals surface area contributed by atoms with Crippen LogP contribution < -0.4 is 0 Å². The highest BCUT2D eigenvalue weighted by atomic mass is 32.1. The summed E-state index contributed by atoms with van der Waals surface area (Å²) < 4.78 is 13.1. The number of hydrogen-bond acceptors (Lipinski definition) is 1. The minimum atomic E-state index is -0.502. The normalized spacial score (nSPS) is 47.8. The Hall–Kier alpha value is 0.280. The second-order valence-corrected chi connectivity index (χ2v) is 6.35. The van der Waals surface area contributed by atoms with E-state index in [1.54, 1.807) is 0 Å². The summed E-state index contributed by atoms with van der Waals surface area (Å²) >= 11 is 4.58. The Morgan fingerprint density at radius 3 is 2.27 bits per heavy atom. The molecule has 0 N–H and O–H groups in total. The van der Waals surface area contributed by atoms with Crippen molar-refractivity contribution in [2.24, 2.45) is 17.8 Å². The van der Waals surface area contributed by atoms with Gasteiger partial charge in [-0.2, -0.15) is 12.6 Å². The molecule has 2 saturated carbocycles. The largest absolute Gasteiger partial charge is 0.247 e. The Balaban J connectivity index is 1.87. The lowest BCUT2D eigenvalue weighted by molar-refractivity contribution is 0.110. The fourth-order valence-corrected chi connectivity index (χ4v) is 4.08. The fraction of sp³-hybridized carbons (Fsp3) is 1.00. The molecule has 0 nitrogen and oxygen atoms in total. The predicted octanol–water partition coefficient (Wildman–Crippen LogP) is 4.25. The molecular weight excluding hydrogens is 207 g/mol. The molecule has 0 spiro atoms. The number of thiol groups is 1. The van der Waals surface area contributed by atoms with E-state index in [2.05, 4.69) is 19.6 Å². The molecule has 0 amide bonds. The van der Waals surface area contributed by atoms with Crippen molar-refractivity contribution in [2.45, 2.75) is 63.3 Å². The van der Waals surface area contributed by atoms with Crippen LogP contribution in [0, 0.1) is 17.8 Å². The summed E-state index contributed by atoms with van der Waals surface area (Å²) in [7, 11) is 0. The molecule has 2 heteroatoms. The molecule has 0 bridgehead atoms. The molecular formula is C13H23FS. The maximum Gasteiger partial charge on any atom is 0.100 e. The van der Waals surface area contributed by atoms with Crippen LogP contribution in [0.2, 0.25) is 0 Å². The monoisotopic (exact) mass is 230 g/mol. The summed E-state index contributed by atoms with van der Waals surface area (Å²) in [6, 6.07) is 0. The quantitative estimate of drug-likeness (QED) is 0.640. The maximum absolute atomic E-state index is 13.1. The van der Waals surface area contributed by atoms with Gasteiger partial charge in [0.25, 0.3) is 0 Å². The first-order valence-electron chi connectivity index (χ1n) is 6.49. The van der Waals surface area contributed by atoms with Crippen molar-refractivity contribution in [1.29, 1.82) is 0 Å². The fourth-order valence-electron chi connectivity index (χ4n) is 3.60. The lowest BCUT2D eigenvalue weighted by Crippen LogP contribution is -2.31. The average molecular weight is 230 g/mol. The molecule has 2 aliphatic carbocycles. The van der Waals surface area contributed by atoms with Crippen LogP contribution in [0.15, 0.2) is 0 Å². The summed E-state index contributed by atoms with van der Waals surface area (Å²) in [5, 5.41) is 0.619. The van der Waals surface area contributed by atoms with Gasteiger partial charge >= 0.3 is 0 Å². The number of rotatable bonds is 1. The second-order valence-electron chi connectivity index (χ2n) is 5.62. The van der Waals surface area contributed by atoms with Crippen LogP contribution in [0.1, 0.15) is 51.9 Å². The lowest BCUT2D eigenvalue weighted by Gasteiger charge is -2.39. The van der Waals surface area contributed by atoms with Gasteiger partial charge in [0.05, 0.1) is 0 Å². The van der Waals surface area contributed by atoms with Gasteiger partial charge < -0.3 is 0 Å². The van der Waals surface area contributed by atoms with Crippen molar-refractivity contribution in [3.8, 4) is 0 Å². The van der Waals surface area contributed by atoms with Gasteiger partial charge in [-0.1, -0.05) is 6.92 Å². The van der Waals surface area contributed by atoms with Crippen LogP contribution in [0.3, 0.4) is 0 Å². The SMILES string of the molecule is CC1CC(S)CCC1C1CCC(F)CC1. The topological polar surface area (TPSA) is 0 Å². The molecule has 15 heavy (non-hydrogen) atoms. The van der Waals surface area contributed by atoms with Crippen LogP contribution in [0.25, 0.3) is 0 Å². The van der Waals surface area contributed by atoms with Crippen LogP contribution in [0.5, 0.6) is 0 Å². The first-order valence-corrected chi connectivity index (χ1v) is 7.00. The highest BCUT2D eigenvalue weighted by molar-refractivity contribution is 7.80. The van der Waals surface area contributed by atoms with Crippen molar-refractivity contribution in [2.75, 3.05) is 0 Å². The number of alkyl halides is 1. The Morgan fingerprint density at radius 1 is 1.00 bits per heavy atom. The van der Waals surface area contributed by atoms with E-state index in [0.717, 1.165) is 43.4 Å². The zero-order valence-electron chi connectivity index (χ0n) is 9.66. The summed E-state index contributed by atoms with van der Waals surface area (Å²) in [6.45, 7) is 2.37. The molecule has 2 rings (SSSR count). The molecule has 0 radical (unpaired) electrons. The molecule has 2 aliphatic rings. The molecule has 0 aliphatic heterocycles. The minimum Gasteiger partial charge on any atom is -0.247 e. The van der Waals surface area contributed by atoms with Gasteiger partial charge in [-0.05, 0) is 62.7 Å². The molecule has 88 valence electrons. The van der Waals surface area contributed by atoms with Gasteiger partial charge in [-0.25, -0.2) is 4.39 Å². The molecule has 0 heterocycles. The van der Waals surface area contributed by atoms with Gasteiger partial charge in [0.1, 0.15) is 6.17 Å². The van der Waals surface area contributed by atoms with Gasteiger partial charge in [0.2, 0.25) is 0 Å². The highest BCUT2D eigenvalue weighted by Gasteiger charge is 2.34. The Labute approximate surface area is 98.4 Å². The van der Waals surface area contributed by atoms with Crippen molar-refractivity contribution in [3.05, 3.63) is 0 Å². The third kappa shape index (κ3) is 2.89. The van der Waals surface area contributed by atoms with Gasteiger partial charge in [0, 0.05) is 5.25 Å². The van der Waals surface area contributed by atoms with Crippen LogP contribution in [0.4, 0.5) is 4.39 Å². The smallest absolute Gasteiger partial charge is 0.100 e. The third-order valence-corrected chi connectivity index (χ3v) is 4.98. The zero-order valence-corrected chi connectivity index (χ0v) is 10.6. The summed E-state index contributed by atoms with van der Waals surface area (Å²) in [5.41, 5.74) is 0. The second kappa shape index (κ2) is 5.07. The molecule has 2 fully saturated rings. The van der Waals surface area contributed by atoms with Crippen molar-refractivity contribution >= 4 is 12.6 Å². The number of halogens is 1. The summed E-state index contributed by atoms with van der Waals surface area (Å²) in [5.74, 6) is 2.48. The predicted molar refractivity (Wildman–Crippen MR) is 66.1 cm³/mol. The summed E-state index contributed by atoms with van der Waals surface area (Å²) in [4.78, 5) is 0. The molecule has 0 saturated heterocycles. The lowest BCUT2D eigenvalue weighted by atomic mass is 9.68. The molecule has 0 aromatic rings. The maximum atomic E-state index is 13.1. The first-order chi connectivity index (χ1) is 7.16. The molecule has 0 aromatic carbocycles. The first kappa shape index (κ1) is 11.8. The Bertz CT molecular complexity index is 199. The standard InChI is InChI=1S/C13H23FS/c1-9-8-12(15)6-7-13(9)10-2-4-11(14)5-3-10/h9-13,15H,2-8H2,1H3. The molecule has 3 unspecified atom stereocenters. The average Bonchev–Trinajstić information content (AvgIpc) is 2.20. The van der Waals surface area contributed by atoms with Crippen LogP contribution in [-0.2, 0) is 0 Å². The van der Waals surface area contributed by atoms with Gasteiger partial charge in [-0.15, -0.1) is 0 Å². The van der Waals surface area contributed by atoms with Gasteiger partial charge in [0.15, 0.2) is 0 Å². The van der Waals surface area contributed by atoms with Crippen molar-refractivity contribution < 1.29 is 4.39 Å². The van der Waals surface area contributed by atoms with Gasteiger partial charge in [-0.3, -0.25) is 0 Å². The van der Waals surface area contributed by atoms with Crippen LogP contribution >= 0.6 is 12.6 Å². The van der Waals surface area contributed by atoms with Crippen LogP contribution in [-0.4, -0.2) is 11.4 Å².